The van der Waals surface area contributed by atoms with Crippen LogP contribution in [0.4, 0.5) is 31.8 Å². The summed E-state index contributed by atoms with van der Waals surface area (Å²) < 4.78 is 29.8. The Kier molecular flexibility index (Phi) is 6.95. The van der Waals surface area contributed by atoms with Crippen molar-refractivity contribution in [3.8, 4) is 11.8 Å². The van der Waals surface area contributed by atoms with Crippen molar-refractivity contribution in [1.29, 1.82) is 5.26 Å². The summed E-state index contributed by atoms with van der Waals surface area (Å²) in [6.45, 7) is 0.938. The van der Waals surface area contributed by atoms with Crippen LogP contribution in [-0.4, -0.2) is 45.7 Å². The second kappa shape index (κ2) is 10.1. The van der Waals surface area contributed by atoms with Crippen molar-refractivity contribution in [3.63, 3.8) is 0 Å². The molecular formula is C23H19ClF2N6O3. The summed E-state index contributed by atoms with van der Waals surface area (Å²) in [6.07, 6.45) is 2.99. The van der Waals surface area contributed by atoms with E-state index >= 15 is 0 Å². The van der Waals surface area contributed by atoms with Gasteiger partial charge in [0, 0.05) is 42.8 Å². The number of hydrogen-bond donors (Lipinski definition) is 3. The van der Waals surface area contributed by atoms with Gasteiger partial charge in [0.05, 0.1) is 22.9 Å². The number of nitrogens with zero attached hydrogens (tertiary/aromatic N) is 4. The van der Waals surface area contributed by atoms with E-state index in [4.69, 9.17) is 11.6 Å². The Labute approximate surface area is 203 Å². The summed E-state index contributed by atoms with van der Waals surface area (Å²) in [7, 11) is 0. The number of hydrogen-bond acceptors (Lipinski definition) is 8. The van der Waals surface area contributed by atoms with Gasteiger partial charge in [0.25, 0.3) is 5.91 Å². The molecule has 0 unspecified atom stereocenters. The first-order valence-electron chi connectivity index (χ1n) is 10.4. The lowest BCUT2D eigenvalue weighted by Gasteiger charge is -2.21. The number of aliphatic hydroxyl groups excluding tert-OH is 1. The maximum absolute atomic E-state index is 12.9. The first-order chi connectivity index (χ1) is 16.7. The lowest BCUT2D eigenvalue weighted by atomic mass is 10.2. The molecule has 0 radical (unpaired) electrons. The van der Waals surface area contributed by atoms with Gasteiger partial charge in [-0.2, -0.15) is 5.26 Å². The number of β-amino-alcohol motifs (C(OH)–C–C–N with tert-alkyl or cyclic N) is 1. The third-order valence-electron chi connectivity index (χ3n) is 5.12. The minimum Gasteiger partial charge on any atom is -0.420 e. The topological polar surface area (TPSA) is 123 Å². The van der Waals surface area contributed by atoms with Crippen LogP contribution in [0.5, 0.6) is 5.75 Å². The Morgan fingerprint density at radius 2 is 2.06 bits per heavy atom. The number of aliphatic hydroxyl groups is 1. The average Bonchev–Trinajstić information content (AvgIpc) is 3.25. The fraction of sp³-hybridized carbons (Fsp3) is 0.217. The second-order valence-corrected chi connectivity index (χ2v) is 8.09. The molecule has 3 N–H and O–H groups in total. The van der Waals surface area contributed by atoms with Crippen LogP contribution in [0.2, 0.25) is 0 Å². The largest absolute Gasteiger partial charge is 0.487 e. The van der Waals surface area contributed by atoms with Crippen LogP contribution in [0.15, 0.2) is 54.9 Å². The fourth-order valence-electron chi connectivity index (χ4n) is 3.53. The Balaban J connectivity index is 1.58. The van der Waals surface area contributed by atoms with Gasteiger partial charge < -0.3 is 25.4 Å². The molecule has 1 saturated heterocycles. The van der Waals surface area contributed by atoms with E-state index in [1.807, 2.05) is 4.90 Å². The summed E-state index contributed by atoms with van der Waals surface area (Å²) in [5, 5.41) is 25.1. The molecule has 1 atom stereocenters. The molecule has 1 aliphatic rings. The zero-order valence-corrected chi connectivity index (χ0v) is 18.8. The van der Waals surface area contributed by atoms with Crippen LogP contribution in [0.1, 0.15) is 22.3 Å². The first-order valence-corrected chi connectivity index (χ1v) is 10.8. The van der Waals surface area contributed by atoms with E-state index in [9.17, 15) is 23.9 Å². The van der Waals surface area contributed by atoms with Crippen molar-refractivity contribution >= 4 is 40.5 Å². The fourth-order valence-corrected chi connectivity index (χ4v) is 3.61. The van der Waals surface area contributed by atoms with Gasteiger partial charge in [0.2, 0.25) is 0 Å². The maximum Gasteiger partial charge on any atom is 0.487 e. The van der Waals surface area contributed by atoms with Crippen LogP contribution in [0.25, 0.3) is 0 Å². The number of anilines is 4. The molecule has 0 saturated carbocycles. The van der Waals surface area contributed by atoms with Gasteiger partial charge in [-0.15, -0.1) is 8.78 Å². The standard InChI is InChI=1S/C23H19ClF2N6O3/c24-23(25,26)35-18-5-3-16(4-6-18)30-22(34)15-10-19(31-20-14(11-27)2-1-8-28-20)21(29-12-15)32-9-7-17(33)13-32/h1-6,8,10,12,17,33H,7,9,13H2,(H,28,31)(H,30,34)/t17-/m1/s1. The summed E-state index contributed by atoms with van der Waals surface area (Å²) >= 11 is 4.75. The normalized spacial score (nSPS) is 15.4. The summed E-state index contributed by atoms with van der Waals surface area (Å²) in [4.78, 5) is 23.4. The number of rotatable bonds is 7. The molecule has 0 aliphatic carbocycles. The maximum atomic E-state index is 12.9. The first kappa shape index (κ1) is 24.1. The number of benzene rings is 1. The van der Waals surface area contributed by atoms with Crippen molar-refractivity contribution in [2.24, 2.45) is 0 Å². The van der Waals surface area contributed by atoms with Gasteiger partial charge in [0.1, 0.15) is 17.6 Å². The third kappa shape index (κ3) is 6.11. The van der Waals surface area contributed by atoms with Crippen LogP contribution in [0.3, 0.4) is 0 Å². The second-order valence-electron chi connectivity index (χ2n) is 7.65. The monoisotopic (exact) mass is 500 g/mol. The minimum atomic E-state index is -3.84. The molecular weight excluding hydrogens is 482 g/mol. The quantitative estimate of drug-likeness (QED) is 0.415. The minimum absolute atomic E-state index is 0.169. The summed E-state index contributed by atoms with van der Waals surface area (Å²) in [6, 6.07) is 12.1. The van der Waals surface area contributed by atoms with Crippen molar-refractivity contribution in [3.05, 3.63) is 66.0 Å². The van der Waals surface area contributed by atoms with Gasteiger partial charge in [-0.05, 0) is 48.9 Å². The summed E-state index contributed by atoms with van der Waals surface area (Å²) in [5.41, 5.74) is -2.59. The SMILES string of the molecule is N#Cc1cccnc1Nc1cc(C(=O)Nc2ccc(OC(F)(F)Cl)cc2)cnc1N1CC[C@@H](O)C1. The molecule has 2 aromatic heterocycles. The molecule has 4 rings (SSSR count). The van der Waals surface area contributed by atoms with Gasteiger partial charge in [-0.1, -0.05) is 0 Å². The van der Waals surface area contributed by atoms with Gasteiger partial charge in [0.15, 0.2) is 5.82 Å². The van der Waals surface area contributed by atoms with Crippen molar-refractivity contribution in [1.82, 2.24) is 9.97 Å². The van der Waals surface area contributed by atoms with Crippen LogP contribution in [0, 0.1) is 11.3 Å². The highest BCUT2D eigenvalue weighted by molar-refractivity contribution is 6.20. The molecule has 1 aromatic carbocycles. The van der Waals surface area contributed by atoms with Crippen molar-refractivity contribution in [2.75, 3.05) is 28.6 Å². The number of amides is 1. The molecule has 1 amide bonds. The Morgan fingerprint density at radius 3 is 2.71 bits per heavy atom. The highest BCUT2D eigenvalue weighted by atomic mass is 35.5. The Hall–Kier alpha value is -4.01. The van der Waals surface area contributed by atoms with E-state index in [1.54, 1.807) is 18.2 Å². The zero-order valence-electron chi connectivity index (χ0n) is 18.1. The summed E-state index contributed by atoms with van der Waals surface area (Å²) in [5.74, 6) is 0.113. The molecule has 180 valence electrons. The van der Waals surface area contributed by atoms with Gasteiger partial charge in [-0.3, -0.25) is 4.79 Å². The molecule has 0 spiro atoms. The molecule has 1 fully saturated rings. The Bertz CT molecular complexity index is 1260. The average molecular weight is 501 g/mol. The number of halogens is 3. The van der Waals surface area contributed by atoms with E-state index in [2.05, 4.69) is 31.4 Å². The number of carbonyl (C=O) groups excluding carboxylic acids is 1. The molecule has 12 heteroatoms. The van der Waals surface area contributed by atoms with Crippen LogP contribution >= 0.6 is 11.6 Å². The highest BCUT2D eigenvalue weighted by Gasteiger charge is 2.27. The predicted octanol–water partition coefficient (Wildman–Crippen LogP) is 4.08. The smallest absolute Gasteiger partial charge is 0.420 e. The van der Waals surface area contributed by atoms with E-state index in [0.717, 1.165) is 0 Å². The number of carbonyl (C=O) groups is 1. The molecule has 1 aliphatic heterocycles. The lowest BCUT2D eigenvalue weighted by Crippen LogP contribution is -2.24. The highest BCUT2D eigenvalue weighted by Crippen LogP contribution is 2.31. The van der Waals surface area contributed by atoms with E-state index in [-0.39, 0.29) is 11.3 Å². The molecule has 0 bridgehead atoms. The molecule has 3 aromatic rings. The molecule has 35 heavy (non-hydrogen) atoms. The third-order valence-corrected chi connectivity index (χ3v) is 5.20. The van der Waals surface area contributed by atoms with Gasteiger partial charge in [-0.25, -0.2) is 9.97 Å². The van der Waals surface area contributed by atoms with Crippen molar-refractivity contribution in [2.45, 2.75) is 18.1 Å². The van der Waals surface area contributed by atoms with Crippen LogP contribution in [-0.2, 0) is 0 Å². The van der Waals surface area contributed by atoms with Gasteiger partial charge >= 0.3 is 5.57 Å². The lowest BCUT2D eigenvalue weighted by molar-refractivity contribution is -0.0964. The number of alkyl halides is 3. The van der Waals surface area contributed by atoms with E-state index in [1.165, 1.54) is 36.7 Å². The number of ether oxygens (including phenoxy) is 1. The molecule has 3 heterocycles. The van der Waals surface area contributed by atoms with E-state index in [0.29, 0.717) is 48.1 Å². The van der Waals surface area contributed by atoms with Crippen LogP contribution < -0.4 is 20.3 Å². The Morgan fingerprint density at radius 1 is 1.29 bits per heavy atom. The number of pyridine rings is 2. The molecule has 9 nitrogen and oxygen atoms in total. The number of aromatic nitrogens is 2. The van der Waals surface area contributed by atoms with Crippen molar-refractivity contribution < 1.29 is 23.4 Å². The number of nitriles is 1. The zero-order chi connectivity index (χ0) is 25.0. The van der Waals surface area contributed by atoms with E-state index < -0.39 is 17.6 Å². The number of nitrogens with one attached hydrogen (secondary N) is 2. The predicted molar refractivity (Wildman–Crippen MR) is 125 cm³/mol.